The first kappa shape index (κ1) is 31.6. The summed E-state index contributed by atoms with van der Waals surface area (Å²) in [5.74, 6) is -4.01. The number of ether oxygens (including phenoxy) is 4. The largest absolute Gasteiger partial charge is 0.458 e. The van der Waals surface area contributed by atoms with E-state index in [2.05, 4.69) is 0 Å². The number of likely N-dealkylation sites (tertiary alicyclic amines) is 1. The van der Waals surface area contributed by atoms with E-state index in [0.717, 1.165) is 0 Å². The van der Waals surface area contributed by atoms with Crippen molar-refractivity contribution in [2.24, 2.45) is 0 Å². The minimum atomic E-state index is -2.85. The van der Waals surface area contributed by atoms with E-state index in [9.17, 15) is 28.8 Å². The summed E-state index contributed by atoms with van der Waals surface area (Å²) in [5.41, 5.74) is -5.29. The predicted molar refractivity (Wildman–Crippen MR) is 129 cm³/mol. The minimum Gasteiger partial charge on any atom is -0.458 e. The Morgan fingerprint density at radius 2 is 1.16 bits per heavy atom. The highest BCUT2D eigenvalue weighted by atomic mass is 16.6. The lowest BCUT2D eigenvalue weighted by Gasteiger charge is -2.38. The molecule has 0 aliphatic carbocycles. The van der Waals surface area contributed by atoms with Gasteiger partial charge in [0.15, 0.2) is 0 Å². The molecule has 1 aliphatic rings. The first-order chi connectivity index (χ1) is 16.3. The number of nitrogens with one attached hydrogen (secondary N) is 1. The number of rotatable bonds is 2. The number of nitrogens with zero attached hydrogens (tertiary/aromatic N) is 2. The Bertz CT molecular complexity index is 963. The zero-order valence-corrected chi connectivity index (χ0v) is 23.7. The van der Waals surface area contributed by atoms with Crippen LogP contribution in [0, 0.1) is 0 Å². The van der Waals surface area contributed by atoms with Crippen molar-refractivity contribution < 1.29 is 47.7 Å². The summed E-state index contributed by atoms with van der Waals surface area (Å²) < 4.78 is 21.0. The SMILES string of the molecule is CC(C)(C)OC(=O)NN(C(=O)OC(C)(C)C)[C@@]1(C(=O)OC(C)(C)C)CC(=O)N(C(=O)OC(C)(C)C)C1=O. The number of amides is 5. The van der Waals surface area contributed by atoms with Gasteiger partial charge in [0.25, 0.3) is 11.4 Å². The number of carbonyl (C=O) groups is 6. The molecular formula is C24H39N3O10. The van der Waals surface area contributed by atoms with Crippen LogP contribution in [0.2, 0.25) is 0 Å². The van der Waals surface area contributed by atoms with E-state index < -0.39 is 70.4 Å². The maximum absolute atomic E-state index is 13.7. The molecule has 1 rings (SSSR count). The highest BCUT2D eigenvalue weighted by Gasteiger charge is 2.67. The number of carbonyl (C=O) groups excluding carboxylic acids is 6. The van der Waals surface area contributed by atoms with Gasteiger partial charge in [-0.2, -0.15) is 9.91 Å². The quantitative estimate of drug-likeness (QED) is 0.185. The van der Waals surface area contributed by atoms with Crippen molar-refractivity contribution in [2.45, 2.75) is 117 Å². The zero-order valence-electron chi connectivity index (χ0n) is 23.7. The van der Waals surface area contributed by atoms with Crippen molar-refractivity contribution in [3.05, 3.63) is 0 Å². The second-order valence-corrected chi connectivity index (χ2v) is 12.5. The topological polar surface area (TPSA) is 158 Å². The average Bonchev–Trinajstić information content (AvgIpc) is 2.85. The normalized spacial score (nSPS) is 18.8. The van der Waals surface area contributed by atoms with Crippen LogP contribution in [0.5, 0.6) is 0 Å². The molecule has 13 heteroatoms. The van der Waals surface area contributed by atoms with Crippen molar-refractivity contribution in [1.29, 1.82) is 0 Å². The maximum Gasteiger partial charge on any atom is 0.430 e. The zero-order chi connectivity index (χ0) is 29.4. The summed E-state index contributed by atoms with van der Waals surface area (Å²) >= 11 is 0. The molecule has 1 aliphatic heterocycles. The number of hydrogen-bond acceptors (Lipinski definition) is 10. The Kier molecular flexibility index (Phi) is 8.70. The fraction of sp³-hybridized carbons (Fsp3) is 0.750. The second-order valence-electron chi connectivity index (χ2n) is 12.5. The summed E-state index contributed by atoms with van der Waals surface area (Å²) in [6.07, 6.45) is -5.03. The number of esters is 1. The van der Waals surface area contributed by atoms with Gasteiger partial charge in [0.2, 0.25) is 5.91 Å². The monoisotopic (exact) mass is 529 g/mol. The fourth-order valence-electron chi connectivity index (χ4n) is 2.95. The average molecular weight is 530 g/mol. The van der Waals surface area contributed by atoms with Gasteiger partial charge in [0, 0.05) is 0 Å². The molecular weight excluding hydrogens is 490 g/mol. The first-order valence-electron chi connectivity index (χ1n) is 11.7. The summed E-state index contributed by atoms with van der Waals surface area (Å²) in [6.45, 7) is 18.1. The van der Waals surface area contributed by atoms with E-state index in [0.29, 0.717) is 0 Å². The molecule has 1 fully saturated rings. The van der Waals surface area contributed by atoms with E-state index in [1.54, 1.807) is 20.8 Å². The van der Waals surface area contributed by atoms with E-state index in [1.807, 2.05) is 5.43 Å². The van der Waals surface area contributed by atoms with E-state index in [-0.39, 0.29) is 9.91 Å². The van der Waals surface area contributed by atoms with Gasteiger partial charge in [-0.15, -0.1) is 0 Å². The maximum atomic E-state index is 13.7. The van der Waals surface area contributed by atoms with Crippen molar-refractivity contribution >= 4 is 36.1 Å². The molecule has 1 saturated heterocycles. The molecule has 0 saturated carbocycles. The van der Waals surface area contributed by atoms with Crippen molar-refractivity contribution in [1.82, 2.24) is 15.3 Å². The predicted octanol–water partition coefficient (Wildman–Crippen LogP) is 3.44. The van der Waals surface area contributed by atoms with E-state index in [4.69, 9.17) is 18.9 Å². The van der Waals surface area contributed by atoms with Crippen molar-refractivity contribution in [3.8, 4) is 0 Å². The Balaban J connectivity index is 3.78. The summed E-state index contributed by atoms with van der Waals surface area (Å²) in [5, 5.41) is 0.241. The molecule has 1 atom stereocenters. The van der Waals surface area contributed by atoms with E-state index >= 15 is 0 Å². The van der Waals surface area contributed by atoms with Crippen molar-refractivity contribution in [2.75, 3.05) is 0 Å². The molecule has 13 nitrogen and oxygen atoms in total. The number of hydrogen-bond donors (Lipinski definition) is 1. The number of imide groups is 3. The summed E-state index contributed by atoms with van der Waals surface area (Å²) in [6, 6.07) is 0. The van der Waals surface area contributed by atoms with Gasteiger partial charge >= 0.3 is 24.2 Å². The van der Waals surface area contributed by atoms with Crippen LogP contribution < -0.4 is 5.43 Å². The molecule has 1 N–H and O–H groups in total. The number of hydrazine groups is 1. The van der Waals surface area contributed by atoms with E-state index in [1.165, 1.54) is 62.3 Å². The Labute approximate surface area is 217 Å². The molecule has 0 aromatic rings. The molecule has 0 aromatic heterocycles. The lowest BCUT2D eigenvalue weighted by Crippen LogP contribution is -2.69. The first-order valence-corrected chi connectivity index (χ1v) is 11.7. The van der Waals surface area contributed by atoms with Gasteiger partial charge in [-0.1, -0.05) is 0 Å². The molecule has 0 unspecified atom stereocenters. The summed E-state index contributed by atoms with van der Waals surface area (Å²) in [7, 11) is 0. The van der Waals surface area contributed by atoms with Gasteiger partial charge in [0.05, 0.1) is 6.42 Å². The third-order valence-corrected chi connectivity index (χ3v) is 4.09. The molecule has 0 bridgehead atoms. The Morgan fingerprint density at radius 1 is 0.730 bits per heavy atom. The van der Waals surface area contributed by atoms with Crippen LogP contribution in [0.25, 0.3) is 0 Å². The van der Waals surface area contributed by atoms with Crippen LogP contribution in [-0.2, 0) is 33.3 Å². The van der Waals surface area contributed by atoms with Crippen LogP contribution in [0.1, 0.15) is 89.5 Å². The highest BCUT2D eigenvalue weighted by molar-refractivity contribution is 6.26. The standard InChI is InChI=1S/C24H39N3O10/c1-20(2,3)34-16(30)24(13-14(28)26(15(24)29)18(32)36-22(7,8)9)27(19(33)37-23(10,11)12)25-17(31)35-21(4,5)6/h13H2,1-12H3,(H,25,31)/t24-/m0/s1. The molecule has 0 aromatic carbocycles. The molecule has 1 heterocycles. The van der Waals surface area contributed by atoms with Gasteiger partial charge in [0.1, 0.15) is 22.4 Å². The molecule has 0 spiro atoms. The van der Waals surface area contributed by atoms with Crippen LogP contribution in [-0.4, -0.2) is 73.9 Å². The smallest absolute Gasteiger partial charge is 0.430 e. The Morgan fingerprint density at radius 3 is 1.57 bits per heavy atom. The summed E-state index contributed by atoms with van der Waals surface area (Å²) in [4.78, 5) is 79.2. The van der Waals surface area contributed by atoms with Crippen LogP contribution >= 0.6 is 0 Å². The lowest BCUT2D eigenvalue weighted by molar-refractivity contribution is -0.174. The third kappa shape index (κ3) is 8.60. The molecule has 0 radical (unpaired) electrons. The van der Waals surface area contributed by atoms with Gasteiger partial charge in [-0.25, -0.2) is 24.6 Å². The molecule has 37 heavy (non-hydrogen) atoms. The Hall–Kier alpha value is -3.38. The minimum absolute atomic E-state index is 0.101. The second kappa shape index (κ2) is 10.2. The fourth-order valence-corrected chi connectivity index (χ4v) is 2.95. The van der Waals surface area contributed by atoms with Crippen LogP contribution in [0.3, 0.4) is 0 Å². The molecule has 210 valence electrons. The third-order valence-electron chi connectivity index (χ3n) is 4.09. The van der Waals surface area contributed by atoms with Gasteiger partial charge in [-0.05, 0) is 83.1 Å². The van der Waals surface area contributed by atoms with Crippen LogP contribution in [0.15, 0.2) is 0 Å². The van der Waals surface area contributed by atoms with Crippen molar-refractivity contribution in [3.63, 3.8) is 0 Å². The lowest BCUT2D eigenvalue weighted by atomic mass is 9.96. The molecule has 5 amide bonds. The van der Waals surface area contributed by atoms with Crippen LogP contribution in [0.4, 0.5) is 14.4 Å². The van der Waals surface area contributed by atoms with Gasteiger partial charge in [-0.3, -0.25) is 9.59 Å². The van der Waals surface area contributed by atoms with Gasteiger partial charge < -0.3 is 18.9 Å². The highest BCUT2D eigenvalue weighted by Crippen LogP contribution is 2.35.